The van der Waals surface area contributed by atoms with Gasteiger partial charge in [-0.1, -0.05) is 0 Å². The Balaban J connectivity index is 2.16. The summed E-state index contributed by atoms with van der Waals surface area (Å²) >= 11 is 0. The molecule has 1 aliphatic heterocycles. The summed E-state index contributed by atoms with van der Waals surface area (Å²) in [5, 5.41) is 19.4. The molecule has 0 bridgehead atoms. The zero-order valence-corrected chi connectivity index (χ0v) is 10.3. The van der Waals surface area contributed by atoms with Crippen LogP contribution in [0.1, 0.15) is 6.23 Å². The molecule has 0 unspecified atom stereocenters. The van der Waals surface area contributed by atoms with E-state index in [1.54, 1.807) is 0 Å². The maximum absolute atomic E-state index is 11.9. The third kappa shape index (κ3) is 3.50. The molecule has 0 radical (unpaired) electrons. The van der Waals surface area contributed by atoms with Gasteiger partial charge in [0, 0.05) is 12.3 Å². The zero-order valence-electron chi connectivity index (χ0n) is 10.3. The molecule has 1 aromatic heterocycles. The number of alkyl halides is 3. The van der Waals surface area contributed by atoms with Gasteiger partial charge in [-0.05, 0) is 0 Å². The molecule has 0 amide bonds. The van der Waals surface area contributed by atoms with Crippen molar-refractivity contribution in [1.29, 1.82) is 0 Å². The number of nitrogens with zero attached hydrogens (tertiary/aromatic N) is 1. The monoisotopic (exact) mass is 312 g/mol. The number of halogens is 3. The summed E-state index contributed by atoms with van der Waals surface area (Å²) in [7, 11) is 0. The number of H-pyrrole nitrogens is 1. The van der Waals surface area contributed by atoms with E-state index in [-0.39, 0.29) is 0 Å². The second kappa shape index (κ2) is 5.60. The third-order valence-electron chi connectivity index (χ3n) is 2.87. The Labute approximate surface area is 114 Å². The molecule has 8 nitrogen and oxygen atoms in total. The summed E-state index contributed by atoms with van der Waals surface area (Å²) in [6, 6.07) is 0.962. The van der Waals surface area contributed by atoms with Crippen molar-refractivity contribution in [1.82, 2.24) is 9.55 Å². The molecule has 0 saturated carbocycles. The minimum absolute atomic E-state index is 0.693. The lowest BCUT2D eigenvalue weighted by molar-refractivity contribution is -0.333. The van der Waals surface area contributed by atoms with Gasteiger partial charge in [0.1, 0.15) is 18.3 Å². The van der Waals surface area contributed by atoms with Crippen LogP contribution in [0.15, 0.2) is 21.9 Å². The quantitative estimate of drug-likeness (QED) is 0.639. The topological polar surface area (TPSA) is 114 Å². The van der Waals surface area contributed by atoms with Gasteiger partial charge in [-0.15, -0.1) is 13.2 Å². The molecule has 3 N–H and O–H groups in total. The maximum Gasteiger partial charge on any atom is 0.522 e. The van der Waals surface area contributed by atoms with Gasteiger partial charge in [0.2, 0.25) is 0 Å². The van der Waals surface area contributed by atoms with E-state index in [2.05, 4.69) is 4.74 Å². The Bertz CT molecular complexity index is 612. The van der Waals surface area contributed by atoms with E-state index in [0.717, 1.165) is 16.8 Å². The molecule has 2 rings (SSSR count). The molecule has 0 spiro atoms. The molecule has 1 fully saturated rings. The van der Waals surface area contributed by atoms with Crippen molar-refractivity contribution >= 4 is 0 Å². The van der Waals surface area contributed by atoms with Gasteiger partial charge < -0.3 is 14.9 Å². The van der Waals surface area contributed by atoms with Crippen molar-refractivity contribution in [2.24, 2.45) is 0 Å². The number of aromatic nitrogens is 2. The van der Waals surface area contributed by atoms with E-state index in [1.807, 2.05) is 4.98 Å². The van der Waals surface area contributed by atoms with Crippen LogP contribution >= 0.6 is 0 Å². The van der Waals surface area contributed by atoms with Gasteiger partial charge in [-0.2, -0.15) is 0 Å². The fraction of sp³-hybridized carbons (Fsp3) is 0.600. The molecule has 1 aliphatic rings. The van der Waals surface area contributed by atoms with Crippen LogP contribution in [-0.4, -0.2) is 51.0 Å². The first-order chi connectivity index (χ1) is 9.69. The number of rotatable bonds is 3. The first kappa shape index (κ1) is 15.7. The van der Waals surface area contributed by atoms with Gasteiger partial charge in [-0.25, -0.2) is 4.79 Å². The predicted octanol–water partition coefficient (Wildman–Crippen LogP) is -1.31. The molecule has 0 aromatic carbocycles. The predicted molar refractivity (Wildman–Crippen MR) is 59.3 cm³/mol. The van der Waals surface area contributed by atoms with Gasteiger partial charge >= 0.3 is 12.1 Å². The van der Waals surface area contributed by atoms with E-state index in [0.29, 0.717) is 0 Å². The molecule has 1 saturated heterocycles. The van der Waals surface area contributed by atoms with Crippen LogP contribution in [0.5, 0.6) is 0 Å². The molecule has 0 aliphatic carbocycles. The number of aliphatic hydroxyl groups is 2. The summed E-state index contributed by atoms with van der Waals surface area (Å²) in [6.45, 7) is -1.05. The van der Waals surface area contributed by atoms with Gasteiger partial charge in [0.25, 0.3) is 5.56 Å². The third-order valence-corrected chi connectivity index (χ3v) is 2.87. The average Bonchev–Trinajstić information content (AvgIpc) is 2.64. The second-order valence-electron chi connectivity index (χ2n) is 4.32. The Morgan fingerprint density at radius 2 is 2.00 bits per heavy atom. The molecule has 21 heavy (non-hydrogen) atoms. The highest BCUT2D eigenvalue weighted by molar-refractivity contribution is 4.93. The Morgan fingerprint density at radius 1 is 1.33 bits per heavy atom. The minimum Gasteiger partial charge on any atom is -0.387 e. The first-order valence-electron chi connectivity index (χ1n) is 5.73. The lowest BCUT2D eigenvalue weighted by Crippen LogP contribution is -2.38. The molecule has 1 aromatic rings. The van der Waals surface area contributed by atoms with E-state index in [4.69, 9.17) is 4.74 Å². The lowest BCUT2D eigenvalue weighted by Gasteiger charge is -2.16. The van der Waals surface area contributed by atoms with Crippen LogP contribution in [-0.2, 0) is 9.47 Å². The Kier molecular flexibility index (Phi) is 4.18. The number of aliphatic hydroxyl groups excluding tert-OH is 2. The van der Waals surface area contributed by atoms with Gasteiger partial charge in [0.05, 0.1) is 6.61 Å². The summed E-state index contributed by atoms with van der Waals surface area (Å²) < 4.78 is 45.1. The molecular formula is C10H11F3N2O6. The van der Waals surface area contributed by atoms with E-state index in [1.165, 1.54) is 0 Å². The number of hydrogen-bond donors (Lipinski definition) is 3. The van der Waals surface area contributed by atoms with E-state index < -0.39 is 48.8 Å². The van der Waals surface area contributed by atoms with Crippen LogP contribution in [0.4, 0.5) is 13.2 Å². The number of ether oxygens (including phenoxy) is 2. The summed E-state index contributed by atoms with van der Waals surface area (Å²) in [5.41, 5.74) is -1.63. The molecule has 2 heterocycles. The molecule has 11 heteroatoms. The highest BCUT2D eigenvalue weighted by atomic mass is 19.4. The van der Waals surface area contributed by atoms with Crippen molar-refractivity contribution < 1.29 is 32.9 Å². The summed E-state index contributed by atoms with van der Waals surface area (Å²) in [4.78, 5) is 24.3. The van der Waals surface area contributed by atoms with Crippen LogP contribution in [0.25, 0.3) is 0 Å². The highest BCUT2D eigenvalue weighted by Crippen LogP contribution is 2.29. The van der Waals surface area contributed by atoms with Crippen molar-refractivity contribution in [2.45, 2.75) is 30.9 Å². The van der Waals surface area contributed by atoms with Crippen LogP contribution in [0.2, 0.25) is 0 Å². The van der Waals surface area contributed by atoms with Gasteiger partial charge in [0.15, 0.2) is 6.23 Å². The smallest absolute Gasteiger partial charge is 0.387 e. The number of aromatic amines is 1. The molecular weight excluding hydrogens is 301 g/mol. The second-order valence-corrected chi connectivity index (χ2v) is 4.32. The molecule has 118 valence electrons. The Morgan fingerprint density at radius 3 is 2.57 bits per heavy atom. The normalized spacial score (nSPS) is 29.8. The first-order valence-corrected chi connectivity index (χ1v) is 5.73. The highest BCUT2D eigenvalue weighted by Gasteiger charge is 2.45. The van der Waals surface area contributed by atoms with Crippen molar-refractivity contribution in [3.8, 4) is 0 Å². The number of nitrogens with one attached hydrogen (secondary N) is 1. The summed E-state index contributed by atoms with van der Waals surface area (Å²) in [5.74, 6) is 0. The largest absolute Gasteiger partial charge is 0.522 e. The van der Waals surface area contributed by atoms with Crippen molar-refractivity contribution in [3.63, 3.8) is 0 Å². The fourth-order valence-corrected chi connectivity index (χ4v) is 1.90. The number of hydrogen-bond acceptors (Lipinski definition) is 6. The zero-order chi connectivity index (χ0) is 15.8. The van der Waals surface area contributed by atoms with E-state index >= 15 is 0 Å². The Hall–Kier alpha value is -1.69. The average molecular weight is 312 g/mol. The van der Waals surface area contributed by atoms with Crippen molar-refractivity contribution in [2.75, 3.05) is 6.61 Å². The summed E-state index contributed by atoms with van der Waals surface area (Å²) in [6.07, 6.45) is -10.2. The minimum atomic E-state index is -4.92. The van der Waals surface area contributed by atoms with Crippen LogP contribution < -0.4 is 11.2 Å². The molecule has 4 atom stereocenters. The van der Waals surface area contributed by atoms with E-state index in [9.17, 15) is 33.0 Å². The lowest BCUT2D eigenvalue weighted by atomic mass is 10.1. The van der Waals surface area contributed by atoms with Crippen LogP contribution in [0, 0.1) is 0 Å². The van der Waals surface area contributed by atoms with Crippen LogP contribution in [0.3, 0.4) is 0 Å². The standard InChI is InChI=1S/C10H11F3N2O6/c11-10(12,13)20-3-4-6(17)7(18)8(21-4)15-2-1-5(16)14-9(15)19/h1-2,4,6-8,17-18H,3H2,(H,14,16,19)/t4-,6-,7+,8-/m1/s1. The van der Waals surface area contributed by atoms with Crippen molar-refractivity contribution in [3.05, 3.63) is 33.1 Å². The van der Waals surface area contributed by atoms with Gasteiger partial charge in [-0.3, -0.25) is 19.1 Å². The SMILES string of the molecule is O=c1ccn([C@@H]2O[C@H](COC(F)(F)F)[C@@H](O)[C@@H]2O)c(=O)[nH]1. The fourth-order valence-electron chi connectivity index (χ4n) is 1.90. The maximum atomic E-state index is 11.9.